The summed E-state index contributed by atoms with van der Waals surface area (Å²) in [5.41, 5.74) is 1.61. The van der Waals surface area contributed by atoms with Crippen LogP contribution in [0.15, 0.2) is 48.9 Å². The molecule has 0 amide bonds. The van der Waals surface area contributed by atoms with Crippen LogP contribution in [0, 0.1) is 18.8 Å². The maximum atomic E-state index is 13.6. The second-order valence-electron chi connectivity index (χ2n) is 8.19. The van der Waals surface area contributed by atoms with Gasteiger partial charge in [-0.1, -0.05) is 18.2 Å². The Morgan fingerprint density at radius 3 is 2.66 bits per heavy atom. The fourth-order valence-corrected chi connectivity index (χ4v) is 4.28. The Balaban J connectivity index is 1.46. The van der Waals surface area contributed by atoms with Crippen molar-refractivity contribution in [3.8, 4) is 23.4 Å². The molecular formula is C25H21F3N6O. The van der Waals surface area contributed by atoms with Crippen LogP contribution in [-0.2, 0) is 12.7 Å². The maximum absolute atomic E-state index is 13.6. The molecule has 0 N–H and O–H groups in total. The molecule has 3 aromatic heterocycles. The van der Waals surface area contributed by atoms with Gasteiger partial charge in [0.15, 0.2) is 0 Å². The minimum Gasteiger partial charge on any atom is -0.479 e. The van der Waals surface area contributed by atoms with Crippen molar-refractivity contribution >= 4 is 0 Å². The third-order valence-electron chi connectivity index (χ3n) is 5.84. The molecule has 0 spiro atoms. The van der Waals surface area contributed by atoms with Crippen LogP contribution in [0.25, 0.3) is 5.69 Å². The van der Waals surface area contributed by atoms with Crippen molar-refractivity contribution in [1.82, 2.24) is 29.3 Å². The number of imidazole rings is 1. The zero-order chi connectivity index (χ0) is 24.6. The van der Waals surface area contributed by atoms with Gasteiger partial charge < -0.3 is 9.30 Å². The molecule has 10 heteroatoms. The van der Waals surface area contributed by atoms with Gasteiger partial charge in [0.05, 0.1) is 24.7 Å². The molecular weight excluding hydrogens is 457 g/mol. The van der Waals surface area contributed by atoms with Gasteiger partial charge in [-0.3, -0.25) is 0 Å². The molecule has 0 saturated heterocycles. The number of benzene rings is 1. The maximum Gasteiger partial charge on any atom is 0.416 e. The fourth-order valence-electron chi connectivity index (χ4n) is 4.28. The van der Waals surface area contributed by atoms with Crippen LogP contribution in [0.5, 0.6) is 5.88 Å². The Morgan fingerprint density at radius 1 is 1.09 bits per heavy atom. The van der Waals surface area contributed by atoms with E-state index in [4.69, 9.17) is 4.74 Å². The predicted octanol–water partition coefficient (Wildman–Crippen LogP) is 4.52. The van der Waals surface area contributed by atoms with Gasteiger partial charge in [0, 0.05) is 18.7 Å². The number of hydrogen-bond acceptors (Lipinski definition) is 5. The molecule has 0 radical (unpaired) electrons. The molecule has 4 heterocycles. The molecule has 1 atom stereocenters. The molecule has 0 aliphatic carbocycles. The minimum atomic E-state index is -4.44. The Bertz CT molecular complexity index is 1440. The first-order valence-corrected chi connectivity index (χ1v) is 11.0. The summed E-state index contributed by atoms with van der Waals surface area (Å²) >= 11 is 0. The number of aromatic nitrogens is 6. The van der Waals surface area contributed by atoms with E-state index in [-0.39, 0.29) is 11.4 Å². The summed E-state index contributed by atoms with van der Waals surface area (Å²) in [7, 11) is 1.52. The van der Waals surface area contributed by atoms with E-state index in [0.29, 0.717) is 36.8 Å². The zero-order valence-corrected chi connectivity index (χ0v) is 19.0. The first kappa shape index (κ1) is 22.7. The van der Waals surface area contributed by atoms with Crippen molar-refractivity contribution in [2.45, 2.75) is 38.4 Å². The molecule has 0 saturated carbocycles. The quantitative estimate of drug-likeness (QED) is 0.405. The highest BCUT2D eigenvalue weighted by molar-refractivity contribution is 5.47. The molecule has 1 aliphatic heterocycles. The summed E-state index contributed by atoms with van der Waals surface area (Å²) in [6, 6.07) is 9.22. The highest BCUT2D eigenvalue weighted by atomic mass is 19.4. The second-order valence-corrected chi connectivity index (χ2v) is 8.19. The van der Waals surface area contributed by atoms with Gasteiger partial charge in [-0.15, -0.1) is 5.10 Å². The van der Waals surface area contributed by atoms with Gasteiger partial charge in [-0.2, -0.15) is 13.2 Å². The number of pyridine rings is 1. The van der Waals surface area contributed by atoms with Crippen molar-refractivity contribution in [1.29, 1.82) is 0 Å². The first-order valence-electron chi connectivity index (χ1n) is 11.0. The summed E-state index contributed by atoms with van der Waals surface area (Å²) in [6.45, 7) is 2.47. The number of aryl methyl sites for hydroxylation is 2. The van der Waals surface area contributed by atoms with Crippen LogP contribution in [0.1, 0.15) is 52.9 Å². The molecule has 7 nitrogen and oxygen atoms in total. The van der Waals surface area contributed by atoms with E-state index in [1.807, 2.05) is 23.8 Å². The number of alkyl halides is 3. The highest BCUT2D eigenvalue weighted by Crippen LogP contribution is 2.40. The number of rotatable bonds is 3. The molecule has 0 fully saturated rings. The third kappa shape index (κ3) is 4.49. The largest absolute Gasteiger partial charge is 0.479 e. The molecule has 1 aromatic carbocycles. The van der Waals surface area contributed by atoms with E-state index in [2.05, 4.69) is 31.9 Å². The Morgan fingerprint density at radius 2 is 1.91 bits per heavy atom. The van der Waals surface area contributed by atoms with E-state index in [1.165, 1.54) is 19.2 Å². The smallest absolute Gasteiger partial charge is 0.416 e. The number of nitrogens with zero attached hydrogens (tertiary/aromatic N) is 6. The Hall–Kier alpha value is -4.13. The topological polar surface area (TPSA) is 70.7 Å². The summed E-state index contributed by atoms with van der Waals surface area (Å²) < 4.78 is 49.7. The van der Waals surface area contributed by atoms with Crippen LogP contribution in [0.4, 0.5) is 13.2 Å². The second kappa shape index (κ2) is 8.91. The van der Waals surface area contributed by atoms with Crippen LogP contribution < -0.4 is 4.74 Å². The van der Waals surface area contributed by atoms with Gasteiger partial charge in [-0.05, 0) is 55.4 Å². The van der Waals surface area contributed by atoms with E-state index in [1.54, 1.807) is 23.1 Å². The zero-order valence-electron chi connectivity index (χ0n) is 19.0. The summed E-state index contributed by atoms with van der Waals surface area (Å²) in [5.74, 6) is 6.45. The summed E-state index contributed by atoms with van der Waals surface area (Å²) in [6.07, 6.45) is 0.360. The number of fused-ring (bicyclic) bond motifs is 1. The SMILES string of the molecule is COc1nc(C#Cc2nc3n(n2)CCC[C@H]3c2ccccc2C(F)(F)F)ccc1-n1cnc(C)c1. The lowest BCUT2D eigenvalue weighted by molar-refractivity contribution is -0.138. The van der Waals surface area contributed by atoms with E-state index in [9.17, 15) is 13.2 Å². The first-order chi connectivity index (χ1) is 16.8. The minimum absolute atomic E-state index is 0.213. The molecule has 1 aliphatic rings. The fraction of sp³-hybridized carbons (Fsp3) is 0.280. The van der Waals surface area contributed by atoms with Gasteiger partial charge in [0.2, 0.25) is 11.7 Å². The van der Waals surface area contributed by atoms with Crippen LogP contribution in [0.2, 0.25) is 0 Å². The van der Waals surface area contributed by atoms with Crippen molar-refractivity contribution in [2.24, 2.45) is 0 Å². The lowest BCUT2D eigenvalue weighted by Gasteiger charge is -2.25. The number of ether oxygens (including phenoxy) is 1. The van der Waals surface area contributed by atoms with Crippen LogP contribution in [-0.4, -0.2) is 36.4 Å². The lowest BCUT2D eigenvalue weighted by Crippen LogP contribution is -2.21. The van der Waals surface area contributed by atoms with Crippen molar-refractivity contribution in [3.63, 3.8) is 0 Å². The normalized spacial score (nSPS) is 15.3. The average molecular weight is 478 g/mol. The van der Waals surface area contributed by atoms with Crippen LogP contribution in [0.3, 0.4) is 0 Å². The molecule has 4 aromatic rings. The van der Waals surface area contributed by atoms with Gasteiger partial charge in [0.1, 0.15) is 17.2 Å². The summed E-state index contributed by atoms with van der Waals surface area (Å²) in [4.78, 5) is 13.2. The standard InChI is InChI=1S/C25H21F3N6O/c1-16-14-33(15-29-16)21-11-9-17(30-24(21)35-2)10-12-22-31-23-19(7-5-13-34(23)32-22)18-6-3-4-8-20(18)25(26,27)28/h3-4,6,8-9,11,14-15,19H,5,7,13H2,1-2H3/t19-/m0/s1. The molecule has 178 valence electrons. The molecule has 35 heavy (non-hydrogen) atoms. The van der Waals surface area contributed by atoms with Gasteiger partial charge in [-0.25, -0.2) is 19.6 Å². The van der Waals surface area contributed by atoms with Gasteiger partial charge >= 0.3 is 6.18 Å². The van der Waals surface area contributed by atoms with E-state index in [0.717, 1.165) is 17.4 Å². The van der Waals surface area contributed by atoms with Crippen molar-refractivity contribution < 1.29 is 17.9 Å². The number of halogens is 3. The molecule has 0 unspecified atom stereocenters. The van der Waals surface area contributed by atoms with Gasteiger partial charge in [0.25, 0.3) is 0 Å². The average Bonchev–Trinajstić information content (AvgIpc) is 3.47. The monoisotopic (exact) mass is 478 g/mol. The van der Waals surface area contributed by atoms with Crippen molar-refractivity contribution in [2.75, 3.05) is 7.11 Å². The molecule has 0 bridgehead atoms. The van der Waals surface area contributed by atoms with Crippen molar-refractivity contribution in [3.05, 3.63) is 83.1 Å². The van der Waals surface area contributed by atoms with E-state index >= 15 is 0 Å². The Kier molecular flexibility index (Phi) is 5.76. The lowest BCUT2D eigenvalue weighted by atomic mass is 9.88. The summed E-state index contributed by atoms with van der Waals surface area (Å²) in [5, 5.41) is 4.42. The van der Waals surface area contributed by atoms with Crippen LogP contribution >= 0.6 is 0 Å². The molecule has 5 rings (SSSR count). The Labute approximate surface area is 199 Å². The third-order valence-corrected chi connectivity index (χ3v) is 5.84. The predicted molar refractivity (Wildman–Crippen MR) is 121 cm³/mol. The highest BCUT2D eigenvalue weighted by Gasteiger charge is 2.37. The number of hydrogen-bond donors (Lipinski definition) is 0. The number of methoxy groups -OCH3 is 1. The van der Waals surface area contributed by atoms with E-state index < -0.39 is 17.7 Å².